The van der Waals surface area contributed by atoms with Crippen molar-refractivity contribution in [3.63, 3.8) is 0 Å². The fourth-order valence-electron chi connectivity index (χ4n) is 1.49. The number of hydrogen-bond acceptors (Lipinski definition) is 3. The van der Waals surface area contributed by atoms with Crippen LogP contribution >= 0.6 is 0 Å². The maximum absolute atomic E-state index is 11.0. The molecule has 1 rings (SSSR count). The Morgan fingerprint density at radius 3 is 3.00 bits per heavy atom. The van der Waals surface area contributed by atoms with Gasteiger partial charge >= 0.3 is 0 Å². The summed E-state index contributed by atoms with van der Waals surface area (Å²) in [6, 6.07) is 0. The minimum absolute atomic E-state index is 0.268. The Labute approximate surface area is 73.4 Å². The number of β-amino-alcohol motifs (C(OH)–C–C–N with tert-alkyl or cyclic N) is 1. The van der Waals surface area contributed by atoms with E-state index >= 15 is 0 Å². The second kappa shape index (κ2) is 4.58. The van der Waals surface area contributed by atoms with Crippen LogP contribution in [0.4, 0.5) is 0 Å². The molecule has 1 aliphatic heterocycles. The number of nitrogens with zero attached hydrogens (tertiary/aromatic N) is 1. The predicted molar refractivity (Wildman–Crippen MR) is 47.0 cm³/mol. The fraction of sp³-hybridized carbons (Fsp3) is 0.889. The third kappa shape index (κ3) is 2.91. The van der Waals surface area contributed by atoms with Crippen LogP contribution in [0.25, 0.3) is 0 Å². The van der Waals surface area contributed by atoms with E-state index in [-0.39, 0.29) is 6.10 Å². The van der Waals surface area contributed by atoms with Gasteiger partial charge in [-0.1, -0.05) is 6.92 Å². The number of hydrogen-bond donors (Lipinski definition) is 1. The first-order chi connectivity index (χ1) is 5.72. The van der Waals surface area contributed by atoms with Crippen LogP contribution in [-0.4, -0.2) is 41.5 Å². The lowest BCUT2D eigenvalue weighted by Crippen LogP contribution is -2.40. The van der Waals surface area contributed by atoms with Gasteiger partial charge in [0.1, 0.15) is 5.78 Å². The zero-order chi connectivity index (χ0) is 8.97. The third-order valence-electron chi connectivity index (χ3n) is 2.27. The molecular formula is C9H17NO2. The number of Topliss-reactive ketones (excluding diaryl/α,β-unsaturated/α-hetero) is 1. The van der Waals surface area contributed by atoms with Crippen molar-refractivity contribution in [3.05, 3.63) is 0 Å². The summed E-state index contributed by atoms with van der Waals surface area (Å²) in [6.45, 7) is 4.11. The van der Waals surface area contributed by atoms with Crippen LogP contribution in [0, 0.1) is 0 Å². The molecule has 3 heteroatoms. The Kier molecular flexibility index (Phi) is 3.69. The normalized spacial score (nSPS) is 22.7. The van der Waals surface area contributed by atoms with E-state index in [4.69, 9.17) is 0 Å². The van der Waals surface area contributed by atoms with Crippen molar-refractivity contribution in [2.24, 2.45) is 0 Å². The van der Waals surface area contributed by atoms with Gasteiger partial charge in [0.25, 0.3) is 0 Å². The average molecular weight is 171 g/mol. The van der Waals surface area contributed by atoms with E-state index in [1.807, 2.05) is 11.8 Å². The monoisotopic (exact) mass is 171 g/mol. The van der Waals surface area contributed by atoms with Gasteiger partial charge in [-0.2, -0.15) is 0 Å². The highest BCUT2D eigenvalue weighted by Gasteiger charge is 2.18. The van der Waals surface area contributed by atoms with E-state index in [0.717, 1.165) is 25.8 Å². The summed E-state index contributed by atoms with van der Waals surface area (Å²) in [4.78, 5) is 13.1. The summed E-state index contributed by atoms with van der Waals surface area (Å²) >= 11 is 0. The number of likely N-dealkylation sites (tertiary alicyclic amines) is 1. The van der Waals surface area contributed by atoms with Gasteiger partial charge in [0.05, 0.1) is 12.6 Å². The molecule has 0 spiro atoms. The van der Waals surface area contributed by atoms with E-state index in [0.29, 0.717) is 18.9 Å². The summed E-state index contributed by atoms with van der Waals surface area (Å²) in [6.07, 6.45) is 2.18. The Morgan fingerprint density at radius 2 is 2.42 bits per heavy atom. The van der Waals surface area contributed by atoms with Gasteiger partial charge in [-0.25, -0.2) is 0 Å². The molecule has 0 bridgehead atoms. The number of aliphatic hydroxyl groups is 1. The smallest absolute Gasteiger partial charge is 0.146 e. The summed E-state index contributed by atoms with van der Waals surface area (Å²) in [5, 5.41) is 9.34. The lowest BCUT2D eigenvalue weighted by Gasteiger charge is -2.27. The largest absolute Gasteiger partial charge is 0.392 e. The first-order valence-electron chi connectivity index (χ1n) is 4.64. The molecule has 0 radical (unpaired) electrons. The van der Waals surface area contributed by atoms with Crippen LogP contribution in [0.5, 0.6) is 0 Å². The molecule has 1 saturated heterocycles. The van der Waals surface area contributed by atoms with Crippen LogP contribution in [-0.2, 0) is 4.79 Å². The van der Waals surface area contributed by atoms with Gasteiger partial charge in [0, 0.05) is 13.0 Å². The van der Waals surface area contributed by atoms with E-state index in [1.54, 1.807) is 0 Å². The molecule has 0 saturated carbocycles. The maximum atomic E-state index is 11.0. The van der Waals surface area contributed by atoms with Gasteiger partial charge < -0.3 is 5.11 Å². The van der Waals surface area contributed by atoms with Gasteiger partial charge in [0.15, 0.2) is 0 Å². The van der Waals surface area contributed by atoms with E-state index in [2.05, 4.69) is 0 Å². The predicted octanol–water partition coefficient (Wildman–Crippen LogP) is 0.422. The number of rotatable bonds is 3. The van der Waals surface area contributed by atoms with Crippen molar-refractivity contribution in [3.8, 4) is 0 Å². The Hall–Kier alpha value is -0.410. The van der Waals surface area contributed by atoms with E-state index in [9.17, 15) is 9.90 Å². The second-order valence-corrected chi connectivity index (χ2v) is 3.44. The minimum Gasteiger partial charge on any atom is -0.392 e. The van der Waals surface area contributed by atoms with Crippen LogP contribution in [0.3, 0.4) is 0 Å². The van der Waals surface area contributed by atoms with Crippen molar-refractivity contribution < 1.29 is 9.90 Å². The minimum atomic E-state index is -0.268. The standard InChI is InChI=1S/C9H17NO2/c1-2-8(11)6-10-5-3-4-9(12)7-10/h8,11H,2-7H2,1H3. The van der Waals surface area contributed by atoms with Crippen LogP contribution in [0.2, 0.25) is 0 Å². The first-order valence-corrected chi connectivity index (χ1v) is 4.64. The Morgan fingerprint density at radius 1 is 1.67 bits per heavy atom. The van der Waals surface area contributed by atoms with Crippen LogP contribution in [0.15, 0.2) is 0 Å². The highest BCUT2D eigenvalue weighted by atomic mass is 16.3. The topological polar surface area (TPSA) is 40.5 Å². The van der Waals surface area contributed by atoms with Crippen molar-refractivity contribution in [2.45, 2.75) is 32.3 Å². The molecule has 0 aromatic heterocycles. The van der Waals surface area contributed by atoms with Crippen LogP contribution in [0.1, 0.15) is 26.2 Å². The highest BCUT2D eigenvalue weighted by molar-refractivity contribution is 5.81. The molecule has 1 N–H and O–H groups in total. The zero-order valence-electron chi connectivity index (χ0n) is 7.62. The van der Waals surface area contributed by atoms with E-state index in [1.165, 1.54) is 0 Å². The molecule has 0 amide bonds. The van der Waals surface area contributed by atoms with Gasteiger partial charge in [0.2, 0.25) is 0 Å². The summed E-state index contributed by atoms with van der Waals surface area (Å²) in [7, 11) is 0. The number of carbonyl (C=O) groups excluding carboxylic acids is 1. The number of carbonyl (C=O) groups is 1. The average Bonchev–Trinajstić information content (AvgIpc) is 2.04. The lowest BCUT2D eigenvalue weighted by atomic mass is 10.1. The van der Waals surface area contributed by atoms with Gasteiger partial charge in [-0.05, 0) is 19.4 Å². The number of ketones is 1. The quantitative estimate of drug-likeness (QED) is 0.669. The van der Waals surface area contributed by atoms with Crippen molar-refractivity contribution in [1.29, 1.82) is 0 Å². The van der Waals surface area contributed by atoms with Gasteiger partial charge in [-0.3, -0.25) is 9.69 Å². The molecule has 0 aromatic carbocycles. The lowest BCUT2D eigenvalue weighted by molar-refractivity contribution is -0.122. The van der Waals surface area contributed by atoms with Gasteiger partial charge in [-0.15, -0.1) is 0 Å². The van der Waals surface area contributed by atoms with Crippen molar-refractivity contribution in [2.75, 3.05) is 19.6 Å². The zero-order valence-corrected chi connectivity index (χ0v) is 7.62. The van der Waals surface area contributed by atoms with Crippen LogP contribution < -0.4 is 0 Å². The number of piperidine rings is 1. The first kappa shape index (κ1) is 9.68. The Bertz CT molecular complexity index is 159. The third-order valence-corrected chi connectivity index (χ3v) is 2.27. The fourth-order valence-corrected chi connectivity index (χ4v) is 1.49. The molecule has 1 unspecified atom stereocenters. The molecule has 1 heterocycles. The molecule has 0 aliphatic carbocycles. The molecule has 1 fully saturated rings. The molecule has 70 valence electrons. The number of aliphatic hydroxyl groups excluding tert-OH is 1. The molecule has 1 aliphatic rings. The molecular weight excluding hydrogens is 154 g/mol. The molecule has 12 heavy (non-hydrogen) atoms. The van der Waals surface area contributed by atoms with Crippen molar-refractivity contribution >= 4 is 5.78 Å². The molecule has 0 aromatic rings. The second-order valence-electron chi connectivity index (χ2n) is 3.44. The van der Waals surface area contributed by atoms with E-state index < -0.39 is 0 Å². The Balaban J connectivity index is 2.27. The van der Waals surface area contributed by atoms with Crippen molar-refractivity contribution in [1.82, 2.24) is 4.90 Å². The molecule has 3 nitrogen and oxygen atoms in total. The highest BCUT2D eigenvalue weighted by Crippen LogP contribution is 2.06. The SMILES string of the molecule is CCC(O)CN1CCCC(=O)C1. The summed E-state index contributed by atoms with van der Waals surface area (Å²) < 4.78 is 0. The summed E-state index contributed by atoms with van der Waals surface area (Å²) in [5.74, 6) is 0.310. The molecule has 1 atom stereocenters. The summed E-state index contributed by atoms with van der Waals surface area (Å²) in [5.41, 5.74) is 0. The maximum Gasteiger partial charge on any atom is 0.146 e.